The summed E-state index contributed by atoms with van der Waals surface area (Å²) in [6, 6.07) is 3.61. The standard InChI is InChI=1S/C16H19N3O/c17-6-1-2-11-5-7-18-15(10-11)19-16(20)14-9-12-3-4-13(14)8-12/h5,7,10,12-14H,3-4,6,8-9,17H2,(H,18,19,20). The molecule has 0 radical (unpaired) electrons. The minimum Gasteiger partial charge on any atom is -0.320 e. The summed E-state index contributed by atoms with van der Waals surface area (Å²) < 4.78 is 0. The SMILES string of the molecule is NCC#Cc1ccnc(NC(=O)C2CC3CCC2C3)c1. The third-order valence-electron chi connectivity index (χ3n) is 4.42. The van der Waals surface area contributed by atoms with Crippen LogP contribution in [0.25, 0.3) is 0 Å². The Labute approximate surface area is 119 Å². The van der Waals surface area contributed by atoms with E-state index in [2.05, 4.69) is 22.1 Å². The van der Waals surface area contributed by atoms with Gasteiger partial charge in [-0.3, -0.25) is 4.79 Å². The van der Waals surface area contributed by atoms with Crippen LogP contribution in [0.1, 0.15) is 31.2 Å². The molecule has 2 bridgehead atoms. The zero-order valence-electron chi connectivity index (χ0n) is 11.4. The molecule has 2 aliphatic rings. The molecule has 0 spiro atoms. The molecule has 2 fully saturated rings. The van der Waals surface area contributed by atoms with E-state index in [0.29, 0.717) is 18.3 Å². The van der Waals surface area contributed by atoms with Crippen LogP contribution in [0.4, 0.5) is 5.82 Å². The van der Waals surface area contributed by atoms with Crippen LogP contribution in [-0.2, 0) is 4.79 Å². The third-order valence-corrected chi connectivity index (χ3v) is 4.42. The number of fused-ring (bicyclic) bond motifs is 2. The van der Waals surface area contributed by atoms with E-state index in [-0.39, 0.29) is 11.8 Å². The van der Waals surface area contributed by atoms with Crippen LogP contribution < -0.4 is 11.1 Å². The van der Waals surface area contributed by atoms with E-state index >= 15 is 0 Å². The molecule has 0 aliphatic heterocycles. The average molecular weight is 269 g/mol. The van der Waals surface area contributed by atoms with Crippen molar-refractivity contribution in [2.24, 2.45) is 23.5 Å². The van der Waals surface area contributed by atoms with Gasteiger partial charge in [-0.25, -0.2) is 4.98 Å². The molecule has 2 aliphatic carbocycles. The van der Waals surface area contributed by atoms with Crippen molar-refractivity contribution in [3.63, 3.8) is 0 Å². The molecule has 4 heteroatoms. The lowest BCUT2D eigenvalue weighted by Crippen LogP contribution is -2.27. The summed E-state index contributed by atoms with van der Waals surface area (Å²) in [5, 5.41) is 2.94. The first-order valence-electron chi connectivity index (χ1n) is 7.22. The Morgan fingerprint density at radius 1 is 1.45 bits per heavy atom. The van der Waals surface area contributed by atoms with Crippen LogP contribution >= 0.6 is 0 Å². The third kappa shape index (κ3) is 2.68. The topological polar surface area (TPSA) is 68.0 Å². The number of carbonyl (C=O) groups is 1. The number of carbonyl (C=O) groups excluding carboxylic acids is 1. The number of anilines is 1. The monoisotopic (exact) mass is 269 g/mol. The second-order valence-electron chi connectivity index (χ2n) is 5.71. The van der Waals surface area contributed by atoms with Crippen molar-refractivity contribution in [3.05, 3.63) is 23.9 Å². The van der Waals surface area contributed by atoms with Gasteiger partial charge >= 0.3 is 0 Å². The largest absolute Gasteiger partial charge is 0.320 e. The number of rotatable bonds is 2. The number of nitrogens with one attached hydrogen (secondary N) is 1. The van der Waals surface area contributed by atoms with Crippen molar-refractivity contribution in [1.29, 1.82) is 0 Å². The van der Waals surface area contributed by atoms with E-state index < -0.39 is 0 Å². The molecule has 1 aromatic heterocycles. The zero-order chi connectivity index (χ0) is 13.9. The van der Waals surface area contributed by atoms with Gasteiger partial charge in [0.05, 0.1) is 6.54 Å². The molecular formula is C16H19N3O. The maximum absolute atomic E-state index is 12.3. The van der Waals surface area contributed by atoms with E-state index in [1.54, 1.807) is 12.3 Å². The molecule has 3 rings (SSSR count). The highest BCUT2D eigenvalue weighted by Crippen LogP contribution is 2.48. The predicted molar refractivity (Wildman–Crippen MR) is 77.7 cm³/mol. The Hall–Kier alpha value is -1.86. The van der Waals surface area contributed by atoms with Gasteiger partial charge in [0, 0.05) is 17.7 Å². The van der Waals surface area contributed by atoms with Gasteiger partial charge in [0.2, 0.25) is 5.91 Å². The van der Waals surface area contributed by atoms with E-state index in [9.17, 15) is 4.79 Å². The summed E-state index contributed by atoms with van der Waals surface area (Å²) in [5.41, 5.74) is 6.18. The first kappa shape index (κ1) is 13.1. The Morgan fingerprint density at radius 3 is 3.05 bits per heavy atom. The minimum atomic E-state index is 0.119. The number of hydrogen-bond acceptors (Lipinski definition) is 3. The van der Waals surface area contributed by atoms with Crippen molar-refractivity contribution in [1.82, 2.24) is 4.98 Å². The van der Waals surface area contributed by atoms with Crippen LogP contribution in [0, 0.1) is 29.6 Å². The van der Waals surface area contributed by atoms with Crippen LogP contribution in [0.5, 0.6) is 0 Å². The second kappa shape index (κ2) is 5.64. The number of nitrogens with zero attached hydrogens (tertiary/aromatic N) is 1. The first-order chi connectivity index (χ1) is 9.76. The average Bonchev–Trinajstić information content (AvgIpc) is 3.08. The molecule has 20 heavy (non-hydrogen) atoms. The molecule has 3 N–H and O–H groups in total. The fourth-order valence-corrected chi connectivity index (χ4v) is 3.51. The van der Waals surface area contributed by atoms with Crippen molar-refractivity contribution in [2.45, 2.75) is 25.7 Å². The highest BCUT2D eigenvalue weighted by molar-refractivity contribution is 5.92. The highest BCUT2D eigenvalue weighted by atomic mass is 16.2. The molecule has 104 valence electrons. The smallest absolute Gasteiger partial charge is 0.228 e. The van der Waals surface area contributed by atoms with Gasteiger partial charge in [0.25, 0.3) is 0 Å². The Morgan fingerprint density at radius 2 is 2.35 bits per heavy atom. The lowest BCUT2D eigenvalue weighted by Gasteiger charge is -2.20. The number of pyridine rings is 1. The quantitative estimate of drug-likeness (QED) is 0.804. The number of hydrogen-bond donors (Lipinski definition) is 2. The van der Waals surface area contributed by atoms with Crippen LogP contribution in [0.3, 0.4) is 0 Å². The summed E-state index contributed by atoms with van der Waals surface area (Å²) >= 11 is 0. The molecule has 1 heterocycles. The van der Waals surface area contributed by atoms with Crippen molar-refractivity contribution >= 4 is 11.7 Å². The molecule has 2 saturated carbocycles. The first-order valence-corrected chi connectivity index (χ1v) is 7.22. The van der Waals surface area contributed by atoms with E-state index in [4.69, 9.17) is 5.73 Å². The van der Waals surface area contributed by atoms with Crippen LogP contribution in [0.2, 0.25) is 0 Å². The molecule has 3 unspecified atom stereocenters. The van der Waals surface area contributed by atoms with Gasteiger partial charge < -0.3 is 11.1 Å². The maximum Gasteiger partial charge on any atom is 0.228 e. The van der Waals surface area contributed by atoms with Gasteiger partial charge in [-0.05, 0) is 43.2 Å². The number of aromatic nitrogens is 1. The zero-order valence-corrected chi connectivity index (χ0v) is 11.4. The Bertz CT molecular complexity index is 573. The van der Waals surface area contributed by atoms with Crippen molar-refractivity contribution in [3.8, 4) is 11.8 Å². The number of amides is 1. The summed E-state index contributed by atoms with van der Waals surface area (Å²) in [7, 11) is 0. The fourth-order valence-electron chi connectivity index (χ4n) is 3.51. The minimum absolute atomic E-state index is 0.119. The fraction of sp³-hybridized carbons (Fsp3) is 0.500. The van der Waals surface area contributed by atoms with Gasteiger partial charge in [-0.1, -0.05) is 18.3 Å². The number of nitrogens with two attached hydrogens (primary N) is 1. The molecule has 3 atom stereocenters. The summed E-state index contributed by atoms with van der Waals surface area (Å²) in [4.78, 5) is 16.5. The van der Waals surface area contributed by atoms with Crippen LogP contribution in [0.15, 0.2) is 18.3 Å². The maximum atomic E-state index is 12.3. The molecular weight excluding hydrogens is 250 g/mol. The van der Waals surface area contributed by atoms with Crippen LogP contribution in [-0.4, -0.2) is 17.4 Å². The molecule has 1 amide bonds. The van der Waals surface area contributed by atoms with Gasteiger partial charge in [0.1, 0.15) is 5.82 Å². The summed E-state index contributed by atoms with van der Waals surface area (Å²) in [6.07, 6.45) is 6.45. The molecule has 0 aromatic carbocycles. The van der Waals surface area contributed by atoms with Crippen molar-refractivity contribution < 1.29 is 4.79 Å². The molecule has 0 saturated heterocycles. The molecule has 4 nitrogen and oxygen atoms in total. The van der Waals surface area contributed by atoms with Gasteiger partial charge in [-0.15, -0.1) is 0 Å². The van der Waals surface area contributed by atoms with E-state index in [1.807, 2.05) is 6.07 Å². The predicted octanol–water partition coefficient (Wildman–Crippen LogP) is 1.77. The summed E-state index contributed by atoms with van der Waals surface area (Å²) in [6.45, 7) is 0.329. The van der Waals surface area contributed by atoms with Gasteiger partial charge in [0.15, 0.2) is 0 Å². The Kier molecular flexibility index (Phi) is 3.70. The van der Waals surface area contributed by atoms with E-state index in [0.717, 1.165) is 17.9 Å². The van der Waals surface area contributed by atoms with E-state index in [1.165, 1.54) is 19.3 Å². The lowest BCUT2D eigenvalue weighted by atomic mass is 9.88. The summed E-state index contributed by atoms with van der Waals surface area (Å²) in [5.74, 6) is 7.98. The normalized spacial score (nSPS) is 26.9. The lowest BCUT2D eigenvalue weighted by molar-refractivity contribution is -0.121. The van der Waals surface area contributed by atoms with Gasteiger partial charge in [-0.2, -0.15) is 0 Å². The Balaban J connectivity index is 1.67. The van der Waals surface area contributed by atoms with Crippen molar-refractivity contribution in [2.75, 3.05) is 11.9 Å². The highest BCUT2D eigenvalue weighted by Gasteiger charge is 2.43. The second-order valence-corrected chi connectivity index (χ2v) is 5.71. The molecule has 1 aromatic rings.